The number of carbonyl (C=O) groups excluding carboxylic acids is 2. The molecule has 0 N–H and O–H groups in total. The Labute approximate surface area is 156 Å². The minimum Gasteiger partial charge on any atom is -0.469 e. The van der Waals surface area contributed by atoms with E-state index < -0.39 is 17.8 Å². The van der Waals surface area contributed by atoms with E-state index in [1.54, 1.807) is 6.92 Å². The Morgan fingerprint density at radius 3 is 2.48 bits per heavy atom. The van der Waals surface area contributed by atoms with Crippen molar-refractivity contribution in [2.75, 3.05) is 13.7 Å². The molecule has 0 aliphatic heterocycles. The third-order valence-corrected chi connectivity index (χ3v) is 4.13. The predicted molar refractivity (Wildman–Crippen MR) is 96.6 cm³/mol. The zero-order valence-electron chi connectivity index (χ0n) is 13.9. The van der Waals surface area contributed by atoms with Gasteiger partial charge < -0.3 is 9.64 Å². The van der Waals surface area contributed by atoms with Gasteiger partial charge in [0.2, 0.25) is 0 Å². The van der Waals surface area contributed by atoms with Gasteiger partial charge in [-0.05, 0) is 17.7 Å². The van der Waals surface area contributed by atoms with E-state index in [2.05, 4.69) is 4.98 Å². The molecule has 1 amide bonds. The number of ether oxygens (including phenoxy) is 1. The van der Waals surface area contributed by atoms with Crippen LogP contribution in [0.2, 0.25) is 10.2 Å². The van der Waals surface area contributed by atoms with Gasteiger partial charge in [0.1, 0.15) is 10.8 Å². The van der Waals surface area contributed by atoms with E-state index in [1.165, 1.54) is 24.1 Å². The number of nitrogens with zero attached hydrogens (tertiary/aromatic N) is 2. The van der Waals surface area contributed by atoms with Crippen molar-refractivity contribution >= 4 is 35.1 Å². The van der Waals surface area contributed by atoms with Crippen LogP contribution in [0.25, 0.3) is 0 Å². The number of amides is 1. The number of pyridine rings is 1. The van der Waals surface area contributed by atoms with Crippen molar-refractivity contribution in [3.05, 3.63) is 63.9 Å². The van der Waals surface area contributed by atoms with Crippen LogP contribution in [0, 0.1) is 5.92 Å². The van der Waals surface area contributed by atoms with Gasteiger partial charge in [-0.1, -0.05) is 60.5 Å². The highest BCUT2D eigenvalue weighted by atomic mass is 35.5. The highest BCUT2D eigenvalue weighted by Gasteiger charge is 2.25. The highest BCUT2D eigenvalue weighted by molar-refractivity contribution is 6.34. The van der Waals surface area contributed by atoms with Gasteiger partial charge in [0.05, 0.1) is 18.1 Å². The minimum atomic E-state index is -0.490. The lowest BCUT2D eigenvalue weighted by Crippen LogP contribution is -2.37. The molecule has 2 rings (SSSR count). The second kappa shape index (κ2) is 8.83. The summed E-state index contributed by atoms with van der Waals surface area (Å²) in [6, 6.07) is 12.5. The van der Waals surface area contributed by atoms with E-state index in [9.17, 15) is 9.59 Å². The monoisotopic (exact) mass is 380 g/mol. The molecule has 2 aromatic rings. The molecular weight excluding hydrogens is 363 g/mol. The van der Waals surface area contributed by atoms with Gasteiger partial charge in [-0.3, -0.25) is 9.59 Å². The molecule has 0 saturated heterocycles. The average Bonchev–Trinajstić information content (AvgIpc) is 2.62. The first-order valence-corrected chi connectivity index (χ1v) is 8.41. The van der Waals surface area contributed by atoms with Crippen molar-refractivity contribution in [3.8, 4) is 0 Å². The quantitative estimate of drug-likeness (QED) is 0.564. The molecule has 0 aliphatic carbocycles. The molecule has 7 heteroatoms. The molecule has 132 valence electrons. The van der Waals surface area contributed by atoms with E-state index in [-0.39, 0.29) is 22.4 Å². The molecule has 5 nitrogen and oxygen atoms in total. The van der Waals surface area contributed by atoms with Crippen molar-refractivity contribution in [2.24, 2.45) is 5.92 Å². The fraction of sp³-hybridized carbons (Fsp3) is 0.278. The van der Waals surface area contributed by atoms with Crippen molar-refractivity contribution in [2.45, 2.75) is 13.5 Å². The molecule has 1 unspecified atom stereocenters. The Morgan fingerprint density at radius 1 is 1.16 bits per heavy atom. The smallest absolute Gasteiger partial charge is 0.310 e. The minimum absolute atomic E-state index is 0.0576. The number of benzene rings is 1. The van der Waals surface area contributed by atoms with E-state index in [4.69, 9.17) is 27.9 Å². The van der Waals surface area contributed by atoms with Gasteiger partial charge >= 0.3 is 5.97 Å². The Morgan fingerprint density at radius 2 is 1.84 bits per heavy atom. The summed E-state index contributed by atoms with van der Waals surface area (Å²) in [4.78, 5) is 30.2. The fourth-order valence-corrected chi connectivity index (χ4v) is 2.68. The van der Waals surface area contributed by atoms with Gasteiger partial charge in [0.15, 0.2) is 0 Å². The van der Waals surface area contributed by atoms with Crippen LogP contribution in [0.1, 0.15) is 23.0 Å². The number of methoxy groups -OCH3 is 1. The molecule has 0 spiro atoms. The molecule has 0 bridgehead atoms. The Bertz CT molecular complexity index is 753. The summed E-state index contributed by atoms with van der Waals surface area (Å²) in [5.41, 5.74) is 0.980. The molecule has 1 aromatic heterocycles. The lowest BCUT2D eigenvalue weighted by Gasteiger charge is -2.25. The molecule has 1 atom stereocenters. The SMILES string of the molecule is COC(=O)C(C)CN(Cc1ccccc1)C(=O)c1nc(Cl)ccc1Cl. The average molecular weight is 381 g/mol. The van der Waals surface area contributed by atoms with Crippen LogP contribution in [0.15, 0.2) is 42.5 Å². The third kappa shape index (κ3) is 5.18. The molecule has 0 aliphatic rings. The van der Waals surface area contributed by atoms with Crippen LogP contribution >= 0.6 is 23.2 Å². The van der Waals surface area contributed by atoms with E-state index in [0.29, 0.717) is 6.54 Å². The van der Waals surface area contributed by atoms with Crippen LogP contribution < -0.4 is 0 Å². The van der Waals surface area contributed by atoms with Gasteiger partial charge in [-0.25, -0.2) is 4.98 Å². The molecule has 0 fully saturated rings. The molecule has 0 radical (unpaired) electrons. The van der Waals surface area contributed by atoms with Gasteiger partial charge in [0, 0.05) is 13.1 Å². The van der Waals surface area contributed by atoms with Crippen LogP contribution in [0.3, 0.4) is 0 Å². The topological polar surface area (TPSA) is 59.5 Å². The maximum Gasteiger partial charge on any atom is 0.310 e. The predicted octanol–water partition coefficient (Wildman–Crippen LogP) is 3.84. The Hall–Kier alpha value is -2.11. The molecular formula is C18H18Cl2N2O3. The maximum atomic E-state index is 12.9. The first kappa shape index (κ1) is 19.2. The van der Waals surface area contributed by atoms with E-state index in [1.807, 2.05) is 30.3 Å². The highest BCUT2D eigenvalue weighted by Crippen LogP contribution is 2.20. The largest absolute Gasteiger partial charge is 0.469 e. The van der Waals surface area contributed by atoms with Gasteiger partial charge in [-0.2, -0.15) is 0 Å². The standard InChI is InChI=1S/C18H18Cl2N2O3/c1-12(18(24)25-2)10-22(11-13-6-4-3-5-7-13)17(23)16-14(19)8-9-15(20)21-16/h3-9,12H,10-11H2,1-2H3. The maximum absolute atomic E-state index is 12.9. The number of carbonyl (C=O) groups is 2. The first-order chi connectivity index (χ1) is 11.9. The van der Waals surface area contributed by atoms with Crippen molar-refractivity contribution in [3.63, 3.8) is 0 Å². The zero-order valence-corrected chi connectivity index (χ0v) is 15.4. The molecule has 1 aromatic carbocycles. The number of hydrogen-bond donors (Lipinski definition) is 0. The fourth-order valence-electron chi connectivity index (χ4n) is 2.35. The van der Waals surface area contributed by atoms with Crippen LogP contribution in [-0.4, -0.2) is 35.4 Å². The first-order valence-electron chi connectivity index (χ1n) is 7.65. The third-order valence-electron chi connectivity index (χ3n) is 3.62. The van der Waals surface area contributed by atoms with Crippen molar-refractivity contribution < 1.29 is 14.3 Å². The second-order valence-electron chi connectivity index (χ2n) is 5.56. The molecule has 1 heterocycles. The summed E-state index contributed by atoms with van der Waals surface area (Å²) >= 11 is 12.0. The number of hydrogen-bond acceptors (Lipinski definition) is 4. The van der Waals surface area contributed by atoms with Crippen LogP contribution in [0.4, 0.5) is 0 Å². The number of aromatic nitrogens is 1. The normalized spacial score (nSPS) is 11.7. The lowest BCUT2D eigenvalue weighted by molar-refractivity contribution is -0.145. The van der Waals surface area contributed by atoms with Crippen LogP contribution in [0.5, 0.6) is 0 Å². The zero-order chi connectivity index (χ0) is 18.4. The number of halogens is 2. The van der Waals surface area contributed by atoms with Gasteiger partial charge in [0.25, 0.3) is 5.91 Å². The number of rotatable bonds is 6. The Balaban J connectivity index is 2.30. The molecule has 0 saturated carbocycles. The van der Waals surface area contributed by atoms with E-state index in [0.717, 1.165) is 5.56 Å². The number of esters is 1. The summed E-state index contributed by atoms with van der Waals surface area (Å²) in [5, 5.41) is 0.381. The van der Waals surface area contributed by atoms with E-state index >= 15 is 0 Å². The molecule has 25 heavy (non-hydrogen) atoms. The Kier molecular flexibility index (Phi) is 6.79. The van der Waals surface area contributed by atoms with Gasteiger partial charge in [-0.15, -0.1) is 0 Å². The summed E-state index contributed by atoms with van der Waals surface area (Å²) in [6.45, 7) is 2.18. The van der Waals surface area contributed by atoms with Crippen LogP contribution in [-0.2, 0) is 16.1 Å². The van der Waals surface area contributed by atoms with Crippen molar-refractivity contribution in [1.82, 2.24) is 9.88 Å². The lowest BCUT2D eigenvalue weighted by atomic mass is 10.1. The summed E-state index contributed by atoms with van der Waals surface area (Å²) in [5.74, 6) is -1.28. The summed E-state index contributed by atoms with van der Waals surface area (Å²) in [6.07, 6.45) is 0. The van der Waals surface area contributed by atoms with Crippen molar-refractivity contribution in [1.29, 1.82) is 0 Å². The summed E-state index contributed by atoms with van der Waals surface area (Å²) in [7, 11) is 1.32. The summed E-state index contributed by atoms with van der Waals surface area (Å²) < 4.78 is 4.75. The second-order valence-corrected chi connectivity index (χ2v) is 6.35.